The molecule has 0 aromatic heterocycles. The summed E-state index contributed by atoms with van der Waals surface area (Å²) in [7, 11) is -3.93. The van der Waals surface area contributed by atoms with Crippen molar-refractivity contribution in [1.82, 2.24) is 4.90 Å². The average Bonchev–Trinajstić information content (AvgIpc) is 2.34. The van der Waals surface area contributed by atoms with Gasteiger partial charge in [0, 0.05) is 6.54 Å². The second-order valence-electron chi connectivity index (χ2n) is 3.56. The van der Waals surface area contributed by atoms with Crippen LogP contribution in [0.2, 0.25) is 0 Å². The molecule has 96 valence electrons. The lowest BCUT2D eigenvalue weighted by Gasteiger charge is -2.19. The molecule has 0 spiro atoms. The molecule has 6 heteroatoms. The van der Waals surface area contributed by atoms with Crippen LogP contribution in [0.3, 0.4) is 0 Å². The van der Waals surface area contributed by atoms with E-state index in [4.69, 9.17) is 11.6 Å². The Kier molecular flexibility index (Phi) is 4.48. The number of hydrogen-bond acceptors (Lipinski definition) is 3. The minimum atomic E-state index is -3.93. The highest BCUT2D eigenvalue weighted by Gasteiger charge is 2.21. The van der Waals surface area contributed by atoms with Crippen molar-refractivity contribution in [3.05, 3.63) is 29.8 Å². The molecule has 1 amide bonds. The fourth-order valence-corrected chi connectivity index (χ4v) is 2.23. The van der Waals surface area contributed by atoms with Crippen LogP contribution in [0.5, 0.6) is 0 Å². The predicted octanol–water partition coefficient (Wildman–Crippen LogP) is 0.429. The molecule has 0 saturated carbocycles. The number of primary sulfonamides is 1. The summed E-state index contributed by atoms with van der Waals surface area (Å²) in [5.74, 6) is 1.91. The van der Waals surface area contributed by atoms with Crippen molar-refractivity contribution in [1.29, 1.82) is 0 Å². The maximum Gasteiger partial charge on any atom is 0.256 e. The Bertz CT molecular complexity index is 588. The first-order chi connectivity index (χ1) is 8.41. The molecule has 1 aromatic carbocycles. The highest BCUT2D eigenvalue weighted by Crippen LogP contribution is 2.15. The van der Waals surface area contributed by atoms with Crippen molar-refractivity contribution >= 4 is 15.9 Å². The number of nitrogens with zero attached hydrogens (tertiary/aromatic N) is 1. The third-order valence-corrected chi connectivity index (χ3v) is 3.34. The highest BCUT2D eigenvalue weighted by atomic mass is 32.2. The van der Waals surface area contributed by atoms with Crippen LogP contribution in [0.4, 0.5) is 0 Å². The van der Waals surface area contributed by atoms with Crippen LogP contribution in [-0.4, -0.2) is 32.3 Å². The molecule has 0 fully saturated rings. The first-order valence-electron chi connectivity index (χ1n) is 5.26. The third-order valence-electron chi connectivity index (χ3n) is 2.38. The predicted molar refractivity (Wildman–Crippen MR) is 68.2 cm³/mol. The van der Waals surface area contributed by atoms with Gasteiger partial charge >= 0.3 is 0 Å². The van der Waals surface area contributed by atoms with Gasteiger partial charge in [0.1, 0.15) is 0 Å². The van der Waals surface area contributed by atoms with Crippen molar-refractivity contribution in [3.63, 3.8) is 0 Å². The van der Waals surface area contributed by atoms with Gasteiger partial charge in [-0.15, -0.1) is 6.42 Å². The zero-order valence-corrected chi connectivity index (χ0v) is 10.8. The Morgan fingerprint density at radius 1 is 1.44 bits per heavy atom. The SMILES string of the molecule is C#CCN(CC)C(=O)c1ccccc1S(N)(=O)=O. The van der Waals surface area contributed by atoms with E-state index >= 15 is 0 Å². The monoisotopic (exact) mass is 266 g/mol. The Morgan fingerprint density at radius 2 is 2.06 bits per heavy atom. The largest absolute Gasteiger partial charge is 0.328 e. The Hall–Kier alpha value is -1.84. The molecule has 1 aromatic rings. The standard InChI is InChI=1S/C12H14N2O3S/c1-3-9-14(4-2)12(15)10-7-5-6-8-11(10)18(13,16)17/h1,5-8H,4,9H2,2H3,(H2,13,16,17). The summed E-state index contributed by atoms with van der Waals surface area (Å²) in [6.07, 6.45) is 5.16. The maximum atomic E-state index is 12.1. The molecule has 0 aliphatic rings. The lowest BCUT2D eigenvalue weighted by Crippen LogP contribution is -2.32. The molecule has 0 heterocycles. The summed E-state index contributed by atoms with van der Waals surface area (Å²) in [6.45, 7) is 2.27. The molecule has 0 atom stereocenters. The summed E-state index contributed by atoms with van der Waals surface area (Å²) in [5, 5.41) is 5.07. The zero-order chi connectivity index (χ0) is 13.8. The topological polar surface area (TPSA) is 80.5 Å². The van der Waals surface area contributed by atoms with Gasteiger partial charge in [-0.05, 0) is 19.1 Å². The number of terminal acetylenes is 1. The number of amides is 1. The fourth-order valence-electron chi connectivity index (χ4n) is 1.50. The quantitative estimate of drug-likeness (QED) is 0.802. The number of sulfonamides is 1. The van der Waals surface area contributed by atoms with Crippen molar-refractivity contribution < 1.29 is 13.2 Å². The lowest BCUT2D eigenvalue weighted by atomic mass is 10.2. The smallest absolute Gasteiger partial charge is 0.256 e. The van der Waals surface area contributed by atoms with E-state index < -0.39 is 15.9 Å². The van der Waals surface area contributed by atoms with E-state index in [9.17, 15) is 13.2 Å². The number of carbonyl (C=O) groups excluding carboxylic acids is 1. The van der Waals surface area contributed by atoms with Gasteiger partial charge in [-0.3, -0.25) is 4.79 Å². The van der Waals surface area contributed by atoms with E-state index in [0.29, 0.717) is 6.54 Å². The molecular weight excluding hydrogens is 252 g/mol. The Labute approximate surface area is 107 Å². The van der Waals surface area contributed by atoms with Crippen molar-refractivity contribution in [3.8, 4) is 12.3 Å². The highest BCUT2D eigenvalue weighted by molar-refractivity contribution is 7.89. The summed E-state index contributed by atoms with van der Waals surface area (Å²) < 4.78 is 22.8. The molecule has 2 N–H and O–H groups in total. The van der Waals surface area contributed by atoms with Gasteiger partial charge in [-0.2, -0.15) is 0 Å². The average molecular weight is 266 g/mol. The molecule has 0 aliphatic carbocycles. The van der Waals surface area contributed by atoms with Crippen LogP contribution in [0.25, 0.3) is 0 Å². The van der Waals surface area contributed by atoms with E-state index in [0.717, 1.165) is 0 Å². The van der Waals surface area contributed by atoms with E-state index in [1.807, 2.05) is 0 Å². The van der Waals surface area contributed by atoms with E-state index in [2.05, 4.69) is 5.92 Å². The minimum absolute atomic E-state index is 0.0390. The summed E-state index contributed by atoms with van der Waals surface area (Å²) in [5.41, 5.74) is 0.0390. The van der Waals surface area contributed by atoms with Crippen molar-refractivity contribution in [2.24, 2.45) is 5.14 Å². The number of nitrogens with two attached hydrogens (primary N) is 1. The van der Waals surface area contributed by atoms with Gasteiger partial charge in [-0.1, -0.05) is 18.1 Å². The van der Waals surface area contributed by atoms with Crippen molar-refractivity contribution in [2.45, 2.75) is 11.8 Å². The van der Waals surface area contributed by atoms with E-state index in [1.54, 1.807) is 13.0 Å². The Morgan fingerprint density at radius 3 is 2.56 bits per heavy atom. The van der Waals surface area contributed by atoms with E-state index in [1.165, 1.54) is 23.1 Å². The van der Waals surface area contributed by atoms with Crippen LogP contribution >= 0.6 is 0 Å². The van der Waals surface area contributed by atoms with Crippen LogP contribution in [0.15, 0.2) is 29.2 Å². The molecule has 0 unspecified atom stereocenters. The van der Waals surface area contributed by atoms with Crippen LogP contribution in [-0.2, 0) is 10.0 Å². The fraction of sp³-hybridized carbons (Fsp3) is 0.250. The van der Waals surface area contributed by atoms with Gasteiger partial charge in [0.05, 0.1) is 17.0 Å². The van der Waals surface area contributed by atoms with Crippen LogP contribution in [0, 0.1) is 12.3 Å². The molecule has 1 rings (SSSR count). The first-order valence-corrected chi connectivity index (χ1v) is 6.81. The molecule has 0 radical (unpaired) electrons. The summed E-state index contributed by atoms with van der Waals surface area (Å²) in [6, 6.07) is 5.80. The van der Waals surface area contributed by atoms with Gasteiger partial charge in [0.15, 0.2) is 0 Å². The number of benzene rings is 1. The normalized spacial score (nSPS) is 10.7. The zero-order valence-electron chi connectivity index (χ0n) is 9.96. The number of hydrogen-bond donors (Lipinski definition) is 1. The van der Waals surface area contributed by atoms with Crippen molar-refractivity contribution in [2.75, 3.05) is 13.1 Å². The van der Waals surface area contributed by atoms with Gasteiger partial charge in [0.25, 0.3) is 5.91 Å². The molecule has 18 heavy (non-hydrogen) atoms. The summed E-state index contributed by atoms with van der Waals surface area (Å²) in [4.78, 5) is 13.3. The lowest BCUT2D eigenvalue weighted by molar-refractivity contribution is 0.0781. The number of rotatable bonds is 4. The second kappa shape index (κ2) is 5.67. The number of carbonyl (C=O) groups is 1. The van der Waals surface area contributed by atoms with Crippen LogP contribution < -0.4 is 5.14 Å². The van der Waals surface area contributed by atoms with Gasteiger partial charge < -0.3 is 4.90 Å². The van der Waals surface area contributed by atoms with E-state index in [-0.39, 0.29) is 17.0 Å². The molecule has 5 nitrogen and oxygen atoms in total. The van der Waals surface area contributed by atoms with Crippen LogP contribution in [0.1, 0.15) is 17.3 Å². The Balaban J connectivity index is 3.26. The van der Waals surface area contributed by atoms with Gasteiger partial charge in [-0.25, -0.2) is 13.6 Å². The van der Waals surface area contributed by atoms with Gasteiger partial charge in [0.2, 0.25) is 10.0 Å². The minimum Gasteiger partial charge on any atom is -0.328 e. The first kappa shape index (κ1) is 14.2. The molecule has 0 bridgehead atoms. The third kappa shape index (κ3) is 3.09. The molecule has 0 saturated heterocycles. The second-order valence-corrected chi connectivity index (χ2v) is 5.09. The molecule has 0 aliphatic heterocycles. The molecular formula is C12H14N2O3S. The summed E-state index contributed by atoms with van der Waals surface area (Å²) >= 11 is 0. The maximum absolute atomic E-state index is 12.1.